The summed E-state index contributed by atoms with van der Waals surface area (Å²) in [5.41, 5.74) is 8.20. The fourth-order valence-electron chi connectivity index (χ4n) is 2.93. The fraction of sp³-hybridized carbons (Fsp3) is 0.111. The number of hydrazine groups is 2. The number of nitro benzene ring substituents is 1. The quantitative estimate of drug-likeness (QED) is 0.325. The third-order valence-corrected chi connectivity index (χ3v) is 4.84. The summed E-state index contributed by atoms with van der Waals surface area (Å²) in [6.45, 7) is 0.437. The summed E-state index contributed by atoms with van der Waals surface area (Å²) in [6.07, 6.45) is 1.78. The molecule has 10 nitrogen and oxygen atoms in total. The first-order valence-electron chi connectivity index (χ1n) is 8.61. The van der Waals surface area contributed by atoms with Gasteiger partial charge in [-0.1, -0.05) is 24.4 Å². The third-order valence-electron chi connectivity index (χ3n) is 4.43. The molecule has 1 aliphatic heterocycles. The number of nitro groups is 1. The molecule has 148 valence electrons. The molecule has 0 saturated heterocycles. The average molecular weight is 411 g/mol. The van der Waals surface area contributed by atoms with Gasteiger partial charge in [0, 0.05) is 18.3 Å². The van der Waals surface area contributed by atoms with E-state index in [4.69, 9.17) is 17.0 Å². The molecule has 0 unspecified atom stereocenters. The summed E-state index contributed by atoms with van der Waals surface area (Å²) < 4.78 is 7.52. The normalized spacial score (nSPS) is 13.1. The van der Waals surface area contributed by atoms with Crippen LogP contribution in [-0.4, -0.2) is 32.7 Å². The van der Waals surface area contributed by atoms with Crippen molar-refractivity contribution in [2.75, 3.05) is 7.11 Å². The molecule has 4 rings (SSSR count). The third kappa shape index (κ3) is 3.68. The molecule has 0 fully saturated rings. The van der Waals surface area contributed by atoms with E-state index in [2.05, 4.69) is 21.3 Å². The summed E-state index contributed by atoms with van der Waals surface area (Å²) in [6, 6.07) is 13.9. The van der Waals surface area contributed by atoms with Gasteiger partial charge in [-0.15, -0.1) is 10.6 Å². The summed E-state index contributed by atoms with van der Waals surface area (Å²) in [7, 11) is 1.62. The Morgan fingerprint density at radius 1 is 1.17 bits per heavy atom. The monoisotopic (exact) mass is 411 g/mol. The number of rotatable bonds is 6. The van der Waals surface area contributed by atoms with Crippen molar-refractivity contribution in [3.63, 3.8) is 0 Å². The van der Waals surface area contributed by atoms with Gasteiger partial charge in [0.15, 0.2) is 5.84 Å². The van der Waals surface area contributed by atoms with Crippen molar-refractivity contribution >= 4 is 23.7 Å². The molecule has 0 spiro atoms. The van der Waals surface area contributed by atoms with Crippen molar-refractivity contribution in [1.82, 2.24) is 25.9 Å². The molecule has 0 atom stereocenters. The van der Waals surface area contributed by atoms with E-state index < -0.39 is 4.92 Å². The maximum Gasteiger partial charge on any atom is 0.269 e. The zero-order valence-electron chi connectivity index (χ0n) is 15.3. The second-order valence-corrected chi connectivity index (χ2v) is 6.58. The van der Waals surface area contributed by atoms with E-state index in [0.717, 1.165) is 22.6 Å². The van der Waals surface area contributed by atoms with Crippen molar-refractivity contribution < 1.29 is 9.66 Å². The molecule has 29 heavy (non-hydrogen) atoms. The van der Waals surface area contributed by atoms with Gasteiger partial charge in [-0.3, -0.25) is 20.2 Å². The highest BCUT2D eigenvalue weighted by atomic mass is 32.1. The van der Waals surface area contributed by atoms with E-state index in [0.29, 0.717) is 17.0 Å². The number of benzene rings is 2. The Morgan fingerprint density at radius 3 is 2.55 bits per heavy atom. The van der Waals surface area contributed by atoms with E-state index in [-0.39, 0.29) is 5.69 Å². The maximum atomic E-state index is 10.8. The van der Waals surface area contributed by atoms with Gasteiger partial charge in [-0.05, 0) is 29.8 Å². The number of amidine groups is 1. The van der Waals surface area contributed by atoms with Crippen LogP contribution in [0.3, 0.4) is 0 Å². The fourth-order valence-corrected chi connectivity index (χ4v) is 3.24. The molecule has 1 aliphatic rings. The number of hydrogen-bond acceptors (Lipinski definition) is 8. The molecule has 0 bridgehead atoms. The van der Waals surface area contributed by atoms with Crippen LogP contribution >= 0.6 is 12.2 Å². The molecule has 0 radical (unpaired) electrons. The van der Waals surface area contributed by atoms with Crippen LogP contribution < -0.4 is 15.8 Å². The number of non-ortho nitro benzene ring substituents is 1. The van der Waals surface area contributed by atoms with Gasteiger partial charge in [0.25, 0.3) is 5.69 Å². The number of aromatic nitrogens is 2. The van der Waals surface area contributed by atoms with E-state index in [1.54, 1.807) is 35.1 Å². The van der Waals surface area contributed by atoms with Crippen molar-refractivity contribution in [2.45, 2.75) is 6.54 Å². The summed E-state index contributed by atoms with van der Waals surface area (Å²) in [4.78, 5) is 10.4. The van der Waals surface area contributed by atoms with Crippen LogP contribution in [0, 0.1) is 14.8 Å². The molecule has 11 heteroatoms. The molecule has 3 N–H and O–H groups in total. The molecule has 0 amide bonds. The lowest BCUT2D eigenvalue weighted by atomic mass is 10.2. The van der Waals surface area contributed by atoms with Gasteiger partial charge in [-0.2, -0.15) is 0 Å². The number of methoxy groups -OCH3 is 1. The Balaban J connectivity index is 1.56. The van der Waals surface area contributed by atoms with Gasteiger partial charge in [0.2, 0.25) is 0 Å². The van der Waals surface area contributed by atoms with Crippen LogP contribution in [0.25, 0.3) is 5.69 Å². The number of nitrogens with one attached hydrogen (secondary N) is 3. The largest absolute Gasteiger partial charge is 0.497 e. The lowest BCUT2D eigenvalue weighted by Crippen LogP contribution is -2.40. The van der Waals surface area contributed by atoms with Crippen molar-refractivity contribution in [3.05, 3.63) is 80.6 Å². The molecule has 1 aromatic heterocycles. The molecule has 2 aromatic carbocycles. The summed E-state index contributed by atoms with van der Waals surface area (Å²) in [5.74, 6) is 1.37. The van der Waals surface area contributed by atoms with E-state index in [9.17, 15) is 10.1 Å². The van der Waals surface area contributed by atoms with Crippen LogP contribution in [-0.2, 0) is 6.54 Å². The second kappa shape index (κ2) is 7.73. The Labute approximate surface area is 170 Å². The first-order chi connectivity index (χ1) is 14.1. The predicted molar refractivity (Wildman–Crippen MR) is 109 cm³/mol. The standard InChI is InChI=1S/C18H17N7O3S/c1-28-15-8-6-13(7-9-15)24-18(29)16(10-19-24)17-20-21-22-23(17)11-12-2-4-14(5-3-12)25(26)27/h2-10,19,21-22H,11H2,1H3. The lowest BCUT2D eigenvalue weighted by Gasteiger charge is -2.18. The summed E-state index contributed by atoms with van der Waals surface area (Å²) in [5, 5.41) is 20.0. The zero-order valence-corrected chi connectivity index (χ0v) is 16.1. The van der Waals surface area contributed by atoms with Crippen molar-refractivity contribution in [2.24, 2.45) is 5.10 Å². The Bertz CT molecular complexity index is 1120. The van der Waals surface area contributed by atoms with Crippen LogP contribution in [0.5, 0.6) is 5.75 Å². The highest BCUT2D eigenvalue weighted by Crippen LogP contribution is 2.19. The van der Waals surface area contributed by atoms with Gasteiger partial charge in [0.1, 0.15) is 10.4 Å². The Hall–Kier alpha value is -3.70. The number of hydrazone groups is 1. The molecular weight excluding hydrogens is 394 g/mol. The van der Waals surface area contributed by atoms with E-state index >= 15 is 0 Å². The summed E-state index contributed by atoms with van der Waals surface area (Å²) >= 11 is 5.63. The highest BCUT2D eigenvalue weighted by Gasteiger charge is 2.22. The molecule has 3 aromatic rings. The molecule has 0 saturated carbocycles. The smallest absolute Gasteiger partial charge is 0.269 e. The minimum absolute atomic E-state index is 0.0501. The number of H-pyrrole nitrogens is 1. The number of hydrogen-bond donors (Lipinski definition) is 3. The van der Waals surface area contributed by atoms with Crippen LogP contribution in [0.2, 0.25) is 0 Å². The van der Waals surface area contributed by atoms with E-state index in [1.165, 1.54) is 12.1 Å². The van der Waals surface area contributed by atoms with Gasteiger partial charge in [0.05, 0.1) is 29.8 Å². The first kappa shape index (κ1) is 18.7. The van der Waals surface area contributed by atoms with Crippen LogP contribution in [0.1, 0.15) is 11.1 Å². The Morgan fingerprint density at radius 2 is 1.90 bits per heavy atom. The average Bonchev–Trinajstić information content (AvgIpc) is 3.34. The van der Waals surface area contributed by atoms with Crippen molar-refractivity contribution in [1.29, 1.82) is 0 Å². The minimum Gasteiger partial charge on any atom is -0.497 e. The van der Waals surface area contributed by atoms with Crippen LogP contribution in [0.15, 0.2) is 59.8 Å². The van der Waals surface area contributed by atoms with E-state index in [1.807, 2.05) is 24.3 Å². The highest BCUT2D eigenvalue weighted by molar-refractivity contribution is 7.71. The first-order valence-corrected chi connectivity index (χ1v) is 9.02. The van der Waals surface area contributed by atoms with Gasteiger partial charge in [-0.25, -0.2) is 10.2 Å². The van der Waals surface area contributed by atoms with Gasteiger partial charge >= 0.3 is 0 Å². The minimum atomic E-state index is -0.423. The topological polar surface area (TPSA) is 113 Å². The number of ether oxygens (including phenoxy) is 1. The lowest BCUT2D eigenvalue weighted by molar-refractivity contribution is -0.384. The second-order valence-electron chi connectivity index (χ2n) is 6.19. The van der Waals surface area contributed by atoms with Crippen LogP contribution in [0.4, 0.5) is 5.69 Å². The molecule has 2 heterocycles. The predicted octanol–water partition coefficient (Wildman–Crippen LogP) is 2.64. The maximum absolute atomic E-state index is 10.8. The number of aromatic amines is 1. The Kier molecular flexibility index (Phi) is 4.97. The molecule has 0 aliphatic carbocycles. The SMILES string of the molecule is COc1ccc(-n2[nH]cc(C3=NNNN3Cc3ccc([N+](=O)[O-])cc3)c2=S)cc1. The van der Waals surface area contributed by atoms with Gasteiger partial charge < -0.3 is 4.74 Å². The molecular formula is C18H17N7O3S. The van der Waals surface area contributed by atoms with Crippen molar-refractivity contribution in [3.8, 4) is 11.4 Å². The zero-order chi connectivity index (χ0) is 20.4. The number of nitrogens with zero attached hydrogens (tertiary/aromatic N) is 4.